The first kappa shape index (κ1) is 10.8. The fourth-order valence-electron chi connectivity index (χ4n) is 1.27. The van der Waals surface area contributed by atoms with Gasteiger partial charge in [-0.2, -0.15) is 0 Å². The predicted molar refractivity (Wildman–Crippen MR) is 66.2 cm³/mol. The summed E-state index contributed by atoms with van der Waals surface area (Å²) in [6, 6.07) is 5.79. The highest BCUT2D eigenvalue weighted by Crippen LogP contribution is 2.27. The Labute approximate surface area is 98.7 Å². The number of nitrogens with zero attached hydrogens (tertiary/aromatic N) is 3. The molecule has 2 aromatic heterocycles. The molecule has 4 heteroatoms. The Hall–Kier alpha value is -1.68. The second-order valence-electron chi connectivity index (χ2n) is 3.05. The molecule has 0 fully saturated rings. The van der Waals surface area contributed by atoms with E-state index in [9.17, 15) is 0 Å². The van der Waals surface area contributed by atoms with Gasteiger partial charge in [-0.25, -0.2) is 9.97 Å². The molecule has 0 aliphatic rings. The number of pyridine rings is 1. The lowest BCUT2D eigenvalue weighted by Gasteiger charge is -2.04. The second kappa shape index (κ2) is 5.42. The molecule has 0 aromatic carbocycles. The molecule has 0 unspecified atom stereocenters. The molecular formula is C12H11N3S. The van der Waals surface area contributed by atoms with Crippen LogP contribution in [-0.4, -0.2) is 20.7 Å². The van der Waals surface area contributed by atoms with Crippen molar-refractivity contribution in [2.45, 2.75) is 4.90 Å². The third-order valence-electron chi connectivity index (χ3n) is 1.94. The van der Waals surface area contributed by atoms with Crippen LogP contribution in [0.5, 0.6) is 0 Å². The zero-order chi connectivity index (χ0) is 11.2. The largest absolute Gasteiger partial charge is 0.255 e. The number of rotatable bonds is 4. The van der Waals surface area contributed by atoms with Gasteiger partial charge in [0.15, 0.2) is 0 Å². The fourth-order valence-corrected chi connectivity index (χ4v) is 1.99. The Kier molecular flexibility index (Phi) is 3.66. The van der Waals surface area contributed by atoms with Gasteiger partial charge in [-0.05, 0) is 12.1 Å². The third kappa shape index (κ3) is 2.46. The van der Waals surface area contributed by atoms with Crippen LogP contribution in [0.1, 0.15) is 0 Å². The molecule has 2 aromatic rings. The molecule has 80 valence electrons. The van der Waals surface area contributed by atoms with E-state index in [4.69, 9.17) is 0 Å². The number of thioether (sulfide) groups is 1. The van der Waals surface area contributed by atoms with Crippen LogP contribution in [-0.2, 0) is 0 Å². The van der Waals surface area contributed by atoms with Crippen molar-refractivity contribution in [3.05, 3.63) is 49.6 Å². The number of aromatic nitrogens is 3. The molecule has 0 aliphatic carbocycles. The SMILES string of the molecule is C=CCSc1cncnc1-c1ccccn1. The monoisotopic (exact) mass is 229 g/mol. The highest BCUT2D eigenvalue weighted by molar-refractivity contribution is 7.99. The average Bonchev–Trinajstić information content (AvgIpc) is 2.38. The highest BCUT2D eigenvalue weighted by Gasteiger charge is 2.07. The maximum absolute atomic E-state index is 4.29. The van der Waals surface area contributed by atoms with E-state index >= 15 is 0 Å². The molecule has 0 saturated heterocycles. The summed E-state index contributed by atoms with van der Waals surface area (Å²) in [6.45, 7) is 3.70. The van der Waals surface area contributed by atoms with Gasteiger partial charge in [0.1, 0.15) is 12.0 Å². The van der Waals surface area contributed by atoms with Gasteiger partial charge in [0.25, 0.3) is 0 Å². The van der Waals surface area contributed by atoms with E-state index in [-0.39, 0.29) is 0 Å². The van der Waals surface area contributed by atoms with E-state index in [2.05, 4.69) is 21.5 Å². The van der Waals surface area contributed by atoms with Gasteiger partial charge in [0, 0.05) is 18.1 Å². The summed E-state index contributed by atoms with van der Waals surface area (Å²) < 4.78 is 0. The Bertz CT molecular complexity index is 471. The van der Waals surface area contributed by atoms with Gasteiger partial charge in [0.05, 0.1) is 10.6 Å². The first-order valence-electron chi connectivity index (χ1n) is 4.87. The van der Waals surface area contributed by atoms with Crippen LogP contribution in [0.25, 0.3) is 11.4 Å². The van der Waals surface area contributed by atoms with Crippen molar-refractivity contribution in [1.29, 1.82) is 0 Å². The zero-order valence-corrected chi connectivity index (χ0v) is 9.52. The molecule has 16 heavy (non-hydrogen) atoms. The molecule has 0 N–H and O–H groups in total. The first-order valence-corrected chi connectivity index (χ1v) is 5.85. The topological polar surface area (TPSA) is 38.7 Å². The van der Waals surface area contributed by atoms with Crippen molar-refractivity contribution in [3.63, 3.8) is 0 Å². The quantitative estimate of drug-likeness (QED) is 0.597. The van der Waals surface area contributed by atoms with E-state index in [1.807, 2.05) is 30.5 Å². The van der Waals surface area contributed by atoms with Crippen molar-refractivity contribution in [2.24, 2.45) is 0 Å². The Balaban J connectivity index is 2.36. The molecule has 0 spiro atoms. The van der Waals surface area contributed by atoms with Gasteiger partial charge < -0.3 is 0 Å². The summed E-state index contributed by atoms with van der Waals surface area (Å²) in [5.74, 6) is 0.840. The van der Waals surface area contributed by atoms with Crippen molar-refractivity contribution < 1.29 is 0 Å². The van der Waals surface area contributed by atoms with Crippen LogP contribution in [0.15, 0.2) is 54.5 Å². The van der Waals surface area contributed by atoms with E-state index in [1.165, 1.54) is 0 Å². The van der Waals surface area contributed by atoms with E-state index in [1.54, 1.807) is 24.3 Å². The molecule has 0 amide bonds. The molecule has 2 rings (SSSR count). The van der Waals surface area contributed by atoms with Gasteiger partial charge in [0.2, 0.25) is 0 Å². The van der Waals surface area contributed by atoms with Gasteiger partial charge in [-0.3, -0.25) is 4.98 Å². The summed E-state index contributed by atoms with van der Waals surface area (Å²) in [5.41, 5.74) is 1.75. The lowest BCUT2D eigenvalue weighted by molar-refractivity contribution is 1.09. The normalized spacial score (nSPS) is 10.0. The van der Waals surface area contributed by atoms with Crippen molar-refractivity contribution in [3.8, 4) is 11.4 Å². The van der Waals surface area contributed by atoms with Crippen LogP contribution >= 0.6 is 11.8 Å². The Morgan fingerprint density at radius 3 is 3.00 bits per heavy atom. The van der Waals surface area contributed by atoms with Crippen molar-refractivity contribution >= 4 is 11.8 Å². The molecule has 0 aliphatic heterocycles. The summed E-state index contributed by atoms with van der Waals surface area (Å²) in [7, 11) is 0. The lowest BCUT2D eigenvalue weighted by atomic mass is 10.2. The standard InChI is InChI=1S/C12H11N3S/c1-2-7-16-11-8-13-9-15-12(11)10-5-3-4-6-14-10/h2-6,8-9H,1,7H2. The Morgan fingerprint density at radius 1 is 1.31 bits per heavy atom. The smallest absolute Gasteiger partial charge is 0.116 e. The summed E-state index contributed by atoms with van der Waals surface area (Å²) in [6.07, 6.45) is 6.98. The second-order valence-corrected chi connectivity index (χ2v) is 4.11. The molecule has 0 radical (unpaired) electrons. The molecule has 2 heterocycles. The third-order valence-corrected chi connectivity index (χ3v) is 2.96. The van der Waals surface area contributed by atoms with Crippen LogP contribution in [0.4, 0.5) is 0 Å². The minimum absolute atomic E-state index is 0.840. The maximum Gasteiger partial charge on any atom is 0.116 e. The van der Waals surface area contributed by atoms with E-state index in [0.717, 1.165) is 22.0 Å². The molecule has 0 atom stereocenters. The molecule has 0 bridgehead atoms. The fraction of sp³-hybridized carbons (Fsp3) is 0.0833. The minimum atomic E-state index is 0.840. The van der Waals surface area contributed by atoms with Crippen molar-refractivity contribution in [1.82, 2.24) is 15.0 Å². The number of hydrogen-bond acceptors (Lipinski definition) is 4. The lowest BCUT2D eigenvalue weighted by Crippen LogP contribution is -1.91. The molecule has 0 saturated carbocycles. The summed E-state index contributed by atoms with van der Waals surface area (Å²) >= 11 is 1.66. The van der Waals surface area contributed by atoms with Crippen LogP contribution in [0.2, 0.25) is 0 Å². The summed E-state index contributed by atoms with van der Waals surface area (Å²) in [5, 5.41) is 0. The molecule has 3 nitrogen and oxygen atoms in total. The van der Waals surface area contributed by atoms with Gasteiger partial charge in [-0.15, -0.1) is 18.3 Å². The molecular weight excluding hydrogens is 218 g/mol. The first-order chi connectivity index (χ1) is 7.92. The van der Waals surface area contributed by atoms with Gasteiger partial charge in [-0.1, -0.05) is 12.1 Å². The van der Waals surface area contributed by atoms with Crippen LogP contribution in [0, 0.1) is 0 Å². The Morgan fingerprint density at radius 2 is 2.25 bits per heavy atom. The van der Waals surface area contributed by atoms with Crippen molar-refractivity contribution in [2.75, 3.05) is 5.75 Å². The summed E-state index contributed by atoms with van der Waals surface area (Å²) in [4.78, 5) is 13.6. The highest BCUT2D eigenvalue weighted by atomic mass is 32.2. The van der Waals surface area contributed by atoms with Crippen LogP contribution in [0.3, 0.4) is 0 Å². The van der Waals surface area contributed by atoms with E-state index < -0.39 is 0 Å². The average molecular weight is 229 g/mol. The van der Waals surface area contributed by atoms with Gasteiger partial charge >= 0.3 is 0 Å². The van der Waals surface area contributed by atoms with E-state index in [0.29, 0.717) is 0 Å². The maximum atomic E-state index is 4.29. The van der Waals surface area contributed by atoms with Crippen LogP contribution < -0.4 is 0 Å². The zero-order valence-electron chi connectivity index (χ0n) is 8.71. The predicted octanol–water partition coefficient (Wildman–Crippen LogP) is 2.82. The minimum Gasteiger partial charge on any atom is -0.255 e. The number of hydrogen-bond donors (Lipinski definition) is 0.